The van der Waals surface area contributed by atoms with Gasteiger partial charge in [0.05, 0.1) is 11.9 Å². The molecule has 0 radical (unpaired) electrons. The van der Waals surface area contributed by atoms with Gasteiger partial charge in [-0.25, -0.2) is 9.97 Å². The Kier molecular flexibility index (Phi) is 3.65. The van der Waals surface area contributed by atoms with Gasteiger partial charge in [0.2, 0.25) is 0 Å². The maximum absolute atomic E-state index is 4.83. The maximum atomic E-state index is 4.83. The third-order valence-electron chi connectivity index (χ3n) is 6.29. The molecule has 1 saturated heterocycles. The van der Waals surface area contributed by atoms with Crippen molar-refractivity contribution in [2.24, 2.45) is 0 Å². The minimum Gasteiger partial charge on any atom is -0.346 e. The van der Waals surface area contributed by atoms with Crippen molar-refractivity contribution in [1.29, 1.82) is 0 Å². The highest BCUT2D eigenvalue weighted by molar-refractivity contribution is 5.86. The Bertz CT molecular complexity index is 1160. The number of aromatic nitrogens is 4. The van der Waals surface area contributed by atoms with E-state index in [2.05, 4.69) is 50.0 Å². The van der Waals surface area contributed by atoms with E-state index in [-0.39, 0.29) is 0 Å². The van der Waals surface area contributed by atoms with Crippen molar-refractivity contribution in [2.75, 3.05) is 18.4 Å². The lowest BCUT2D eigenvalue weighted by atomic mass is 9.96. The number of pyridine rings is 2. The van der Waals surface area contributed by atoms with Crippen LogP contribution in [0.4, 0.5) is 11.5 Å². The van der Waals surface area contributed by atoms with Gasteiger partial charge in [0.1, 0.15) is 17.1 Å². The van der Waals surface area contributed by atoms with Crippen LogP contribution in [0.2, 0.25) is 0 Å². The van der Waals surface area contributed by atoms with E-state index in [1.807, 2.05) is 6.20 Å². The van der Waals surface area contributed by atoms with E-state index in [0.29, 0.717) is 5.92 Å². The lowest BCUT2D eigenvalue weighted by Gasteiger charge is -2.10. The molecule has 0 amide bonds. The van der Waals surface area contributed by atoms with E-state index in [1.54, 1.807) is 0 Å². The van der Waals surface area contributed by atoms with E-state index >= 15 is 0 Å². The SMILES string of the molecule is c1nc2[nH]cc(C3CCNC3)c2cc1Nc1ccc2c3c([nH]c2n1)CCCC3. The molecule has 0 aromatic carbocycles. The average Bonchev–Trinajstić information content (AvgIpc) is 3.45. The first-order chi connectivity index (χ1) is 13.8. The van der Waals surface area contributed by atoms with Crippen molar-refractivity contribution < 1.29 is 0 Å². The van der Waals surface area contributed by atoms with Crippen LogP contribution in [0.3, 0.4) is 0 Å². The van der Waals surface area contributed by atoms with Crippen LogP contribution < -0.4 is 10.6 Å². The Morgan fingerprint density at radius 1 is 1.07 bits per heavy atom. The van der Waals surface area contributed by atoms with Gasteiger partial charge in [0, 0.05) is 29.2 Å². The summed E-state index contributed by atoms with van der Waals surface area (Å²) in [6, 6.07) is 6.47. The quantitative estimate of drug-likeness (QED) is 0.436. The molecule has 1 aliphatic heterocycles. The van der Waals surface area contributed by atoms with Crippen molar-refractivity contribution in [3.8, 4) is 0 Å². The maximum Gasteiger partial charge on any atom is 0.140 e. The molecule has 28 heavy (non-hydrogen) atoms. The highest BCUT2D eigenvalue weighted by Gasteiger charge is 2.20. The first kappa shape index (κ1) is 16.1. The molecule has 4 aromatic rings. The highest BCUT2D eigenvalue weighted by atomic mass is 15.0. The highest BCUT2D eigenvalue weighted by Crippen LogP contribution is 2.32. The zero-order valence-corrected chi connectivity index (χ0v) is 15.8. The molecule has 1 unspecified atom stereocenters. The number of anilines is 2. The predicted molar refractivity (Wildman–Crippen MR) is 112 cm³/mol. The number of nitrogens with zero attached hydrogens (tertiary/aromatic N) is 2. The van der Waals surface area contributed by atoms with Crippen LogP contribution in [0, 0.1) is 0 Å². The number of hydrogen-bond donors (Lipinski definition) is 4. The van der Waals surface area contributed by atoms with Crippen LogP contribution in [0.25, 0.3) is 22.1 Å². The molecule has 1 fully saturated rings. The number of hydrogen-bond acceptors (Lipinski definition) is 4. The fourth-order valence-electron chi connectivity index (χ4n) is 4.85. The second-order valence-electron chi connectivity index (χ2n) is 8.06. The summed E-state index contributed by atoms with van der Waals surface area (Å²) in [6.45, 7) is 2.13. The van der Waals surface area contributed by atoms with E-state index in [0.717, 1.165) is 48.7 Å². The fourth-order valence-corrected chi connectivity index (χ4v) is 4.85. The smallest absolute Gasteiger partial charge is 0.140 e. The standard InChI is InChI=1S/C22H24N6/c1-2-4-19-15(3-1)16-5-6-20(28-22(16)27-19)26-14-9-17-18(13-7-8-23-10-13)12-25-21(17)24-11-14/h5-6,9,11-13,23H,1-4,7-8,10H2,(H,24,25)(H2,26,27,28). The molecule has 6 rings (SSSR count). The van der Waals surface area contributed by atoms with Crippen LogP contribution in [0.1, 0.15) is 42.0 Å². The summed E-state index contributed by atoms with van der Waals surface area (Å²) in [5, 5.41) is 9.38. The third kappa shape index (κ3) is 2.59. The van der Waals surface area contributed by atoms with Crippen molar-refractivity contribution in [2.45, 2.75) is 38.0 Å². The second-order valence-corrected chi connectivity index (χ2v) is 8.06. The van der Waals surface area contributed by atoms with Gasteiger partial charge < -0.3 is 20.6 Å². The number of aryl methyl sites for hydroxylation is 2. The molecule has 0 bridgehead atoms. The molecule has 4 N–H and O–H groups in total. The van der Waals surface area contributed by atoms with Crippen molar-refractivity contribution in [1.82, 2.24) is 25.3 Å². The number of rotatable bonds is 3. The summed E-state index contributed by atoms with van der Waals surface area (Å²) in [4.78, 5) is 16.3. The predicted octanol–water partition coefficient (Wildman–Crippen LogP) is 4.14. The van der Waals surface area contributed by atoms with Gasteiger partial charge in [0.15, 0.2) is 0 Å². The molecule has 6 nitrogen and oxygen atoms in total. The minimum atomic E-state index is 0.561. The fraction of sp³-hybridized carbons (Fsp3) is 0.364. The molecule has 2 aliphatic rings. The number of nitrogens with one attached hydrogen (secondary N) is 4. The van der Waals surface area contributed by atoms with E-state index in [4.69, 9.17) is 4.98 Å². The Balaban J connectivity index is 1.34. The van der Waals surface area contributed by atoms with E-state index < -0.39 is 0 Å². The van der Waals surface area contributed by atoms with Crippen LogP contribution in [0.15, 0.2) is 30.6 Å². The summed E-state index contributed by atoms with van der Waals surface area (Å²) in [5.41, 5.74) is 7.11. The Morgan fingerprint density at radius 3 is 2.96 bits per heavy atom. The number of fused-ring (bicyclic) bond motifs is 4. The van der Waals surface area contributed by atoms with Gasteiger partial charge in [-0.1, -0.05) is 0 Å². The van der Waals surface area contributed by atoms with Gasteiger partial charge in [0.25, 0.3) is 0 Å². The van der Waals surface area contributed by atoms with Crippen molar-refractivity contribution >= 4 is 33.6 Å². The molecule has 5 heterocycles. The zero-order chi connectivity index (χ0) is 18.5. The lowest BCUT2D eigenvalue weighted by molar-refractivity contribution is 0.680. The molecule has 0 spiro atoms. The monoisotopic (exact) mass is 372 g/mol. The summed E-state index contributed by atoms with van der Waals surface area (Å²) in [6.07, 6.45) is 10.0. The van der Waals surface area contributed by atoms with Crippen LogP contribution >= 0.6 is 0 Å². The molecule has 4 aromatic heterocycles. The normalized spacial score (nSPS) is 19.4. The van der Waals surface area contributed by atoms with Gasteiger partial charge in [-0.2, -0.15) is 0 Å². The molecule has 1 atom stereocenters. The lowest BCUT2D eigenvalue weighted by Crippen LogP contribution is -2.07. The summed E-state index contributed by atoms with van der Waals surface area (Å²) in [7, 11) is 0. The number of H-pyrrole nitrogens is 2. The van der Waals surface area contributed by atoms with Crippen LogP contribution in [-0.2, 0) is 12.8 Å². The summed E-state index contributed by atoms with van der Waals surface area (Å²) < 4.78 is 0. The van der Waals surface area contributed by atoms with Crippen LogP contribution in [-0.4, -0.2) is 33.0 Å². The third-order valence-corrected chi connectivity index (χ3v) is 6.29. The van der Waals surface area contributed by atoms with Crippen molar-refractivity contribution in [3.63, 3.8) is 0 Å². The minimum absolute atomic E-state index is 0.561. The first-order valence-electron chi connectivity index (χ1n) is 10.3. The molecular weight excluding hydrogens is 348 g/mol. The Morgan fingerprint density at radius 2 is 2.04 bits per heavy atom. The largest absolute Gasteiger partial charge is 0.346 e. The summed E-state index contributed by atoms with van der Waals surface area (Å²) in [5.74, 6) is 1.41. The molecule has 1 aliphatic carbocycles. The number of aromatic amines is 2. The summed E-state index contributed by atoms with van der Waals surface area (Å²) >= 11 is 0. The first-order valence-corrected chi connectivity index (χ1v) is 10.3. The Labute approximate surface area is 163 Å². The molecule has 6 heteroatoms. The Hall–Kier alpha value is -2.86. The van der Waals surface area contributed by atoms with Crippen LogP contribution in [0.5, 0.6) is 0 Å². The van der Waals surface area contributed by atoms with Gasteiger partial charge in [-0.15, -0.1) is 0 Å². The molecule has 142 valence electrons. The van der Waals surface area contributed by atoms with Crippen molar-refractivity contribution in [3.05, 3.63) is 47.4 Å². The van der Waals surface area contributed by atoms with Gasteiger partial charge in [-0.3, -0.25) is 0 Å². The molecule has 0 saturated carbocycles. The van der Waals surface area contributed by atoms with Gasteiger partial charge >= 0.3 is 0 Å². The topological polar surface area (TPSA) is 81.4 Å². The van der Waals surface area contributed by atoms with E-state index in [9.17, 15) is 0 Å². The van der Waals surface area contributed by atoms with Gasteiger partial charge in [-0.05, 0) is 73.9 Å². The average molecular weight is 372 g/mol. The van der Waals surface area contributed by atoms with E-state index in [1.165, 1.54) is 46.9 Å². The molecular formula is C22H24N6. The zero-order valence-electron chi connectivity index (χ0n) is 15.8. The second kappa shape index (κ2) is 6.34.